The van der Waals surface area contributed by atoms with Crippen molar-refractivity contribution in [1.82, 2.24) is 5.32 Å². The minimum atomic E-state index is 0.729. The van der Waals surface area contributed by atoms with Crippen LogP contribution < -0.4 is 5.32 Å². The summed E-state index contributed by atoms with van der Waals surface area (Å²) in [4.78, 5) is 0. The van der Waals surface area contributed by atoms with Crippen LogP contribution in [-0.2, 0) is 0 Å². The highest BCUT2D eigenvalue weighted by molar-refractivity contribution is 4.67. The fraction of sp³-hybridized carbons (Fsp3) is 1.00. The van der Waals surface area contributed by atoms with Crippen molar-refractivity contribution in [1.29, 1.82) is 0 Å². The summed E-state index contributed by atoms with van der Waals surface area (Å²) in [5, 5.41) is 3.60. The van der Waals surface area contributed by atoms with E-state index in [9.17, 15) is 0 Å². The zero-order chi connectivity index (χ0) is 9.56. The van der Waals surface area contributed by atoms with E-state index < -0.39 is 0 Å². The van der Waals surface area contributed by atoms with Crippen LogP contribution in [0.2, 0.25) is 0 Å². The molecule has 0 radical (unpaired) electrons. The van der Waals surface area contributed by atoms with E-state index in [1.54, 1.807) is 0 Å². The molecule has 0 spiro atoms. The van der Waals surface area contributed by atoms with Gasteiger partial charge in [0.05, 0.1) is 0 Å². The van der Waals surface area contributed by atoms with Crippen LogP contribution in [0.25, 0.3) is 0 Å². The topological polar surface area (TPSA) is 12.0 Å². The molecule has 0 aliphatic carbocycles. The predicted molar refractivity (Wildman–Crippen MR) is 56.4 cm³/mol. The molecule has 0 aromatic carbocycles. The summed E-state index contributed by atoms with van der Waals surface area (Å²) >= 11 is 0. The van der Waals surface area contributed by atoms with Gasteiger partial charge in [-0.3, -0.25) is 0 Å². The molecule has 1 nitrogen and oxygen atoms in total. The largest absolute Gasteiger partial charge is 0.314 e. The third-order valence-electron chi connectivity index (χ3n) is 2.06. The van der Waals surface area contributed by atoms with E-state index in [0.29, 0.717) is 0 Å². The first-order valence-electron chi connectivity index (χ1n) is 5.29. The van der Waals surface area contributed by atoms with Crippen LogP contribution in [0, 0.1) is 11.8 Å². The van der Waals surface area contributed by atoms with Gasteiger partial charge in [0.2, 0.25) is 0 Å². The fourth-order valence-electron chi connectivity index (χ4n) is 1.37. The van der Waals surface area contributed by atoms with Crippen LogP contribution in [0.5, 0.6) is 0 Å². The van der Waals surface area contributed by atoms with E-state index in [4.69, 9.17) is 0 Å². The van der Waals surface area contributed by atoms with E-state index in [0.717, 1.165) is 24.4 Å². The summed E-state index contributed by atoms with van der Waals surface area (Å²) in [7, 11) is 0. The first kappa shape index (κ1) is 12.0. The summed E-state index contributed by atoms with van der Waals surface area (Å²) in [6.07, 6.45) is 2.56. The Kier molecular flexibility index (Phi) is 6.45. The van der Waals surface area contributed by atoms with Gasteiger partial charge in [0.15, 0.2) is 0 Å². The molecule has 0 rings (SSSR count). The number of nitrogens with one attached hydrogen (secondary N) is 1. The lowest BCUT2D eigenvalue weighted by Gasteiger charge is -2.20. The van der Waals surface area contributed by atoms with Gasteiger partial charge in [-0.05, 0) is 31.2 Å². The Morgan fingerprint density at radius 3 is 1.92 bits per heavy atom. The van der Waals surface area contributed by atoms with Crippen LogP contribution in [0.1, 0.15) is 47.5 Å². The van der Waals surface area contributed by atoms with Crippen molar-refractivity contribution in [2.24, 2.45) is 11.8 Å². The van der Waals surface area contributed by atoms with Crippen LogP contribution in [0.4, 0.5) is 0 Å². The first-order chi connectivity index (χ1) is 5.56. The summed E-state index contributed by atoms with van der Waals surface area (Å²) in [6, 6.07) is 0.729. The van der Waals surface area contributed by atoms with Crippen LogP contribution in [0.3, 0.4) is 0 Å². The summed E-state index contributed by atoms with van der Waals surface area (Å²) in [6.45, 7) is 12.5. The van der Waals surface area contributed by atoms with E-state index in [1.807, 2.05) is 0 Å². The second kappa shape index (κ2) is 6.47. The minimum Gasteiger partial charge on any atom is -0.314 e. The van der Waals surface area contributed by atoms with Gasteiger partial charge >= 0.3 is 0 Å². The maximum Gasteiger partial charge on any atom is 0.00669 e. The van der Waals surface area contributed by atoms with Crippen LogP contribution in [-0.4, -0.2) is 12.6 Å². The number of hydrogen-bond acceptors (Lipinski definition) is 1. The molecular weight excluding hydrogens is 146 g/mol. The lowest BCUT2D eigenvalue weighted by atomic mass is 10.0. The fourth-order valence-corrected chi connectivity index (χ4v) is 1.37. The second-order valence-electron chi connectivity index (χ2n) is 4.54. The Bertz CT molecular complexity index is 97.2. The monoisotopic (exact) mass is 171 g/mol. The molecule has 0 aromatic rings. The highest BCUT2D eigenvalue weighted by Gasteiger charge is 2.07. The average Bonchev–Trinajstić information content (AvgIpc) is 1.97. The van der Waals surface area contributed by atoms with Gasteiger partial charge in [0, 0.05) is 6.04 Å². The normalized spacial score (nSPS) is 14.2. The Hall–Kier alpha value is -0.0400. The first-order valence-corrected chi connectivity index (χ1v) is 5.29. The maximum absolute atomic E-state index is 3.60. The Balaban J connectivity index is 3.53. The third kappa shape index (κ3) is 6.66. The molecule has 0 amide bonds. The highest BCUT2D eigenvalue weighted by atomic mass is 14.9. The summed E-state index contributed by atoms with van der Waals surface area (Å²) in [5.41, 5.74) is 0. The molecule has 0 saturated heterocycles. The van der Waals surface area contributed by atoms with Gasteiger partial charge in [-0.1, -0.05) is 34.6 Å². The van der Waals surface area contributed by atoms with Gasteiger partial charge in [-0.15, -0.1) is 0 Å². The molecular formula is C11H25N. The van der Waals surface area contributed by atoms with E-state index >= 15 is 0 Å². The molecule has 0 fully saturated rings. The molecule has 0 bridgehead atoms. The van der Waals surface area contributed by atoms with E-state index in [2.05, 4.69) is 39.9 Å². The molecule has 1 heteroatoms. The molecule has 1 atom stereocenters. The smallest absolute Gasteiger partial charge is 0.00669 e. The molecule has 0 heterocycles. The molecule has 12 heavy (non-hydrogen) atoms. The molecule has 0 aliphatic heterocycles. The van der Waals surface area contributed by atoms with Gasteiger partial charge in [-0.2, -0.15) is 0 Å². The predicted octanol–water partition coefficient (Wildman–Crippen LogP) is 3.06. The standard InChI is InChI=1S/C11H25N/c1-6-11(7-9(2)3)12-8-10(4)5/h9-12H,6-8H2,1-5H3. The molecule has 1 unspecified atom stereocenters. The SMILES string of the molecule is CCC(CC(C)C)NCC(C)C. The van der Waals surface area contributed by atoms with Crippen molar-refractivity contribution >= 4 is 0 Å². The lowest BCUT2D eigenvalue weighted by molar-refractivity contribution is 0.388. The van der Waals surface area contributed by atoms with Crippen LogP contribution in [0.15, 0.2) is 0 Å². The second-order valence-corrected chi connectivity index (χ2v) is 4.54. The van der Waals surface area contributed by atoms with Gasteiger partial charge in [0.1, 0.15) is 0 Å². The lowest BCUT2D eigenvalue weighted by Crippen LogP contribution is -2.32. The summed E-state index contributed by atoms with van der Waals surface area (Å²) < 4.78 is 0. The summed E-state index contributed by atoms with van der Waals surface area (Å²) in [5.74, 6) is 1.58. The number of hydrogen-bond donors (Lipinski definition) is 1. The minimum absolute atomic E-state index is 0.729. The Morgan fingerprint density at radius 1 is 1.00 bits per heavy atom. The van der Waals surface area contributed by atoms with Crippen molar-refractivity contribution in [2.45, 2.75) is 53.5 Å². The van der Waals surface area contributed by atoms with Crippen molar-refractivity contribution < 1.29 is 0 Å². The average molecular weight is 171 g/mol. The van der Waals surface area contributed by atoms with E-state index in [1.165, 1.54) is 12.8 Å². The molecule has 74 valence electrons. The third-order valence-corrected chi connectivity index (χ3v) is 2.06. The van der Waals surface area contributed by atoms with Crippen molar-refractivity contribution in [3.8, 4) is 0 Å². The number of rotatable bonds is 6. The maximum atomic E-state index is 3.60. The van der Waals surface area contributed by atoms with Crippen molar-refractivity contribution in [3.05, 3.63) is 0 Å². The van der Waals surface area contributed by atoms with Crippen molar-refractivity contribution in [3.63, 3.8) is 0 Å². The molecule has 0 aromatic heterocycles. The van der Waals surface area contributed by atoms with E-state index in [-0.39, 0.29) is 0 Å². The quantitative estimate of drug-likeness (QED) is 0.647. The van der Waals surface area contributed by atoms with Gasteiger partial charge < -0.3 is 5.32 Å². The Labute approximate surface area is 77.9 Å². The van der Waals surface area contributed by atoms with Crippen LogP contribution >= 0.6 is 0 Å². The Morgan fingerprint density at radius 2 is 1.58 bits per heavy atom. The van der Waals surface area contributed by atoms with Crippen molar-refractivity contribution in [2.75, 3.05) is 6.54 Å². The molecule has 0 saturated carbocycles. The zero-order valence-corrected chi connectivity index (χ0v) is 9.35. The zero-order valence-electron chi connectivity index (χ0n) is 9.35. The van der Waals surface area contributed by atoms with Gasteiger partial charge in [0.25, 0.3) is 0 Å². The molecule has 0 aliphatic rings. The molecule has 1 N–H and O–H groups in total. The van der Waals surface area contributed by atoms with Gasteiger partial charge in [-0.25, -0.2) is 0 Å². The highest BCUT2D eigenvalue weighted by Crippen LogP contribution is 2.07.